The van der Waals surface area contributed by atoms with Crippen molar-refractivity contribution in [3.05, 3.63) is 97.2 Å². The van der Waals surface area contributed by atoms with Gasteiger partial charge in [-0.3, -0.25) is 4.79 Å². The fraction of sp³-hybridized carbons (Fsp3) is 0.702. The molecule has 2 rings (SSSR count). The molecule has 2 saturated heterocycles. The van der Waals surface area contributed by atoms with Crippen LogP contribution in [0, 0.1) is 0 Å². The van der Waals surface area contributed by atoms with Crippen LogP contribution in [0.25, 0.3) is 0 Å². The molecule has 11 atom stereocenters. The Bertz CT molecular complexity index is 1540. The van der Waals surface area contributed by atoms with Crippen LogP contribution in [0.3, 0.4) is 0 Å². The van der Waals surface area contributed by atoms with Crippen molar-refractivity contribution in [3.8, 4) is 0 Å². The molecule has 0 bridgehead atoms. The van der Waals surface area contributed by atoms with Gasteiger partial charge in [-0.25, -0.2) is 0 Å². The van der Waals surface area contributed by atoms with Gasteiger partial charge < -0.3 is 64.2 Å². The van der Waals surface area contributed by atoms with Crippen LogP contribution < -0.4 is 0 Å². The summed E-state index contributed by atoms with van der Waals surface area (Å²) in [7, 11) is 0. The van der Waals surface area contributed by atoms with Crippen LogP contribution in [0.15, 0.2) is 97.2 Å². The van der Waals surface area contributed by atoms with Crippen molar-refractivity contribution in [2.75, 3.05) is 33.0 Å². The summed E-state index contributed by atoms with van der Waals surface area (Å²) < 4.78 is 34.2. The molecule has 0 aromatic carbocycles. The minimum absolute atomic E-state index is 0.0208. The molecule has 0 spiro atoms. The second kappa shape index (κ2) is 43.3. The van der Waals surface area contributed by atoms with Gasteiger partial charge in [0.25, 0.3) is 0 Å². The van der Waals surface area contributed by atoms with Gasteiger partial charge in [0, 0.05) is 13.0 Å². The van der Waals surface area contributed by atoms with Gasteiger partial charge >= 0.3 is 5.97 Å². The molecule has 0 saturated carbocycles. The summed E-state index contributed by atoms with van der Waals surface area (Å²) in [4.78, 5) is 13.0. The highest BCUT2D eigenvalue weighted by molar-refractivity contribution is 5.69. The highest BCUT2D eigenvalue weighted by Gasteiger charge is 2.47. The van der Waals surface area contributed by atoms with Crippen molar-refractivity contribution in [2.24, 2.45) is 0 Å². The quantitative estimate of drug-likeness (QED) is 0.0174. The van der Waals surface area contributed by atoms with E-state index in [1.165, 1.54) is 57.8 Å². The van der Waals surface area contributed by atoms with Gasteiger partial charge in [-0.1, -0.05) is 162 Å². The van der Waals surface area contributed by atoms with E-state index >= 15 is 0 Å². The topological polar surface area (TPSA) is 214 Å². The van der Waals surface area contributed by atoms with E-state index in [2.05, 4.69) is 98.9 Å². The first kappa shape index (κ1) is 64.0. The normalized spacial score (nSPS) is 26.1. The molecule has 71 heavy (non-hydrogen) atoms. The predicted octanol–water partition coefficient (Wildman–Crippen LogP) is 8.63. The van der Waals surface area contributed by atoms with Crippen LogP contribution in [-0.4, -0.2) is 142 Å². The lowest BCUT2D eigenvalue weighted by Gasteiger charge is -2.42. The number of hydrogen-bond acceptors (Lipinski definition) is 14. The number of carbonyl (C=O) groups excluding carboxylic acids is 1. The van der Waals surface area contributed by atoms with Crippen LogP contribution in [0.5, 0.6) is 0 Å². The summed E-state index contributed by atoms with van der Waals surface area (Å²) in [5.74, 6) is -0.463. The van der Waals surface area contributed by atoms with Gasteiger partial charge in [0.2, 0.25) is 0 Å². The van der Waals surface area contributed by atoms with Gasteiger partial charge in [0.15, 0.2) is 12.6 Å². The van der Waals surface area contributed by atoms with E-state index in [1.807, 2.05) is 12.2 Å². The van der Waals surface area contributed by atoms with Gasteiger partial charge in [-0.15, -0.1) is 0 Å². The summed E-state index contributed by atoms with van der Waals surface area (Å²) in [6, 6.07) is 0. The van der Waals surface area contributed by atoms with Crippen LogP contribution in [0.2, 0.25) is 0 Å². The number of aliphatic hydroxyl groups excluding tert-OH is 7. The maximum absolute atomic E-state index is 13.0. The van der Waals surface area contributed by atoms with E-state index in [9.17, 15) is 40.5 Å². The zero-order valence-corrected chi connectivity index (χ0v) is 43.2. The summed E-state index contributed by atoms with van der Waals surface area (Å²) >= 11 is 0. The maximum Gasteiger partial charge on any atom is 0.306 e. The lowest BCUT2D eigenvalue weighted by atomic mass is 9.98. The summed E-state index contributed by atoms with van der Waals surface area (Å²) in [5.41, 5.74) is 0. The second-order valence-corrected chi connectivity index (χ2v) is 18.3. The lowest BCUT2D eigenvalue weighted by Crippen LogP contribution is -2.61. The molecule has 14 heteroatoms. The maximum atomic E-state index is 13.0. The number of unbranched alkanes of at least 4 members (excludes halogenated alkanes) is 11. The zero-order chi connectivity index (χ0) is 51.6. The van der Waals surface area contributed by atoms with Gasteiger partial charge in [-0.05, 0) is 83.5 Å². The molecule has 0 aliphatic carbocycles. The third kappa shape index (κ3) is 30.6. The third-order valence-electron chi connectivity index (χ3n) is 12.1. The Morgan fingerprint density at radius 3 is 1.44 bits per heavy atom. The molecule has 11 unspecified atom stereocenters. The van der Waals surface area contributed by atoms with E-state index in [1.54, 1.807) is 0 Å². The largest absolute Gasteiger partial charge is 0.457 e. The Hall–Kier alpha value is -3.09. The fourth-order valence-corrected chi connectivity index (χ4v) is 7.75. The predicted molar refractivity (Wildman–Crippen MR) is 279 cm³/mol. The van der Waals surface area contributed by atoms with Gasteiger partial charge in [-0.2, -0.15) is 0 Å². The molecule has 0 amide bonds. The monoisotopic (exact) mass is 1000 g/mol. The molecule has 14 nitrogen and oxygen atoms in total. The Morgan fingerprint density at radius 2 is 0.915 bits per heavy atom. The van der Waals surface area contributed by atoms with E-state index < -0.39 is 86.7 Å². The molecule has 406 valence electrons. The van der Waals surface area contributed by atoms with Crippen molar-refractivity contribution in [2.45, 2.75) is 223 Å². The van der Waals surface area contributed by atoms with E-state index in [4.69, 9.17) is 28.4 Å². The first-order valence-electron chi connectivity index (χ1n) is 26.8. The number of carbonyl (C=O) groups is 1. The van der Waals surface area contributed by atoms with E-state index in [-0.39, 0.29) is 19.6 Å². The van der Waals surface area contributed by atoms with E-state index in [0.29, 0.717) is 13.0 Å². The standard InChI is InChI=1S/C57H94O14/c1-3-5-7-9-11-13-15-17-19-21-23-24-26-28-30-32-34-36-38-40-49(59)69-46(43-66-41-39-37-35-33-31-29-27-25-22-20-18-16-14-12-10-8-6-4-2)44-67-56-55(65)53(63)51(61)48(71-56)45-68-57-54(64)52(62)50(60)47(42-58)70-57/h5,7,11-14,17-20,23-24,28,30,34,36,46-48,50-58,60-65H,3-4,6,8-10,15-16,21-22,25-27,29,31-33,35,37-45H2,1-2H3/b7-5-,13-11-,14-12-,19-17-,20-18-,24-23-,30-28-,36-34-. The summed E-state index contributed by atoms with van der Waals surface area (Å²) in [6.07, 6.45) is 40.5. The molecule has 0 radical (unpaired) electrons. The number of aliphatic hydroxyl groups is 7. The van der Waals surface area contributed by atoms with Crippen LogP contribution in [0.4, 0.5) is 0 Å². The Morgan fingerprint density at radius 1 is 0.479 bits per heavy atom. The Kier molecular flexibility index (Phi) is 39.1. The first-order valence-corrected chi connectivity index (χ1v) is 26.8. The molecular formula is C57H94O14. The van der Waals surface area contributed by atoms with E-state index in [0.717, 1.165) is 70.6 Å². The number of allylic oxidation sites excluding steroid dienone is 16. The number of hydrogen-bond donors (Lipinski definition) is 7. The fourth-order valence-electron chi connectivity index (χ4n) is 7.75. The number of ether oxygens (including phenoxy) is 6. The van der Waals surface area contributed by atoms with Crippen molar-refractivity contribution in [3.63, 3.8) is 0 Å². The average Bonchev–Trinajstić information content (AvgIpc) is 3.37. The SMILES string of the molecule is CC/C=C\C/C=C\C/C=C\C/C=C\C/C=C\C/C=C\CCC(=O)OC(COCCCCCCCCCC/C=C\C/C=C\CCCCC)COC1OC(COC2OC(CO)C(O)C(O)C2O)C(O)C(O)C1O. The third-order valence-corrected chi connectivity index (χ3v) is 12.1. The minimum atomic E-state index is -1.73. The average molecular weight is 1000 g/mol. The van der Waals surface area contributed by atoms with Crippen LogP contribution in [0.1, 0.15) is 155 Å². The Labute approximate surface area is 426 Å². The molecule has 2 aliphatic rings. The molecule has 2 heterocycles. The molecule has 0 aromatic heterocycles. The van der Waals surface area contributed by atoms with Crippen molar-refractivity contribution < 1.29 is 69.0 Å². The van der Waals surface area contributed by atoms with Crippen molar-refractivity contribution in [1.82, 2.24) is 0 Å². The molecule has 2 fully saturated rings. The summed E-state index contributed by atoms with van der Waals surface area (Å²) in [6.45, 7) is 3.41. The summed E-state index contributed by atoms with van der Waals surface area (Å²) in [5, 5.41) is 72.2. The van der Waals surface area contributed by atoms with Crippen molar-refractivity contribution in [1.29, 1.82) is 0 Å². The second-order valence-electron chi connectivity index (χ2n) is 18.3. The van der Waals surface area contributed by atoms with Crippen LogP contribution >= 0.6 is 0 Å². The van der Waals surface area contributed by atoms with Crippen LogP contribution in [-0.2, 0) is 33.2 Å². The minimum Gasteiger partial charge on any atom is -0.457 e. The van der Waals surface area contributed by atoms with Crippen molar-refractivity contribution >= 4 is 5.97 Å². The van der Waals surface area contributed by atoms with Gasteiger partial charge in [0.05, 0.1) is 26.4 Å². The lowest BCUT2D eigenvalue weighted by molar-refractivity contribution is -0.332. The Balaban J connectivity index is 1.80. The number of esters is 1. The molecule has 2 aliphatic heterocycles. The van der Waals surface area contributed by atoms with Gasteiger partial charge in [0.1, 0.15) is 54.9 Å². The smallest absolute Gasteiger partial charge is 0.306 e. The first-order chi connectivity index (χ1) is 34.6. The molecular weight excluding hydrogens is 909 g/mol. The number of rotatable bonds is 41. The highest BCUT2D eigenvalue weighted by atomic mass is 16.7. The zero-order valence-electron chi connectivity index (χ0n) is 43.2. The molecule has 7 N–H and O–H groups in total. The highest BCUT2D eigenvalue weighted by Crippen LogP contribution is 2.26. The molecule has 0 aromatic rings.